The Morgan fingerprint density at radius 1 is 1.36 bits per heavy atom. The summed E-state index contributed by atoms with van der Waals surface area (Å²) in [5.74, 6) is -0.116. The largest absolute Gasteiger partial charge is 0.396 e. The number of hydrogen-bond donors (Lipinski definition) is 2. The molecule has 1 saturated heterocycles. The monoisotopic (exact) mass is 323 g/mol. The van der Waals surface area contributed by atoms with Crippen molar-refractivity contribution < 1.29 is 14.6 Å². The predicted octanol–water partition coefficient (Wildman–Crippen LogP) is 2.65. The van der Waals surface area contributed by atoms with Crippen LogP contribution in [0.15, 0.2) is 29.8 Å². The van der Waals surface area contributed by atoms with Crippen molar-refractivity contribution in [2.45, 2.75) is 19.8 Å². The highest BCUT2D eigenvalue weighted by Gasteiger charge is 2.32. The van der Waals surface area contributed by atoms with Crippen LogP contribution < -0.4 is 5.32 Å². The quantitative estimate of drug-likeness (QED) is 0.819. The van der Waals surface area contributed by atoms with Crippen LogP contribution in [0.1, 0.15) is 25.3 Å². The third-order valence-corrected chi connectivity index (χ3v) is 4.38. The van der Waals surface area contributed by atoms with Gasteiger partial charge in [-0.05, 0) is 43.5 Å². The van der Waals surface area contributed by atoms with Crippen LogP contribution >= 0.6 is 11.6 Å². The summed E-state index contributed by atoms with van der Waals surface area (Å²) in [6, 6.07) is 7.32. The Bertz CT molecular complexity index is 533. The first kappa shape index (κ1) is 17.0. The van der Waals surface area contributed by atoms with E-state index in [1.165, 1.54) is 0 Å². The van der Waals surface area contributed by atoms with E-state index < -0.39 is 0 Å². The fourth-order valence-electron chi connectivity index (χ4n) is 2.48. The summed E-state index contributed by atoms with van der Waals surface area (Å²) in [7, 11) is 0. The van der Waals surface area contributed by atoms with Gasteiger partial charge in [0.15, 0.2) is 0 Å². The van der Waals surface area contributed by atoms with E-state index >= 15 is 0 Å². The number of benzene rings is 1. The first-order valence-electron chi connectivity index (χ1n) is 7.45. The maximum atomic E-state index is 12.2. The van der Waals surface area contributed by atoms with Gasteiger partial charge >= 0.3 is 0 Å². The number of amides is 1. The van der Waals surface area contributed by atoms with Crippen molar-refractivity contribution in [3.63, 3.8) is 0 Å². The van der Waals surface area contributed by atoms with Gasteiger partial charge in [-0.1, -0.05) is 23.7 Å². The average molecular weight is 324 g/mol. The highest BCUT2D eigenvalue weighted by molar-refractivity contribution is 6.30. The molecule has 1 amide bonds. The second kappa shape index (κ2) is 7.77. The highest BCUT2D eigenvalue weighted by Crippen LogP contribution is 2.29. The Hall–Kier alpha value is -1.36. The number of carbonyl (C=O) groups excluding carboxylic acids is 1. The van der Waals surface area contributed by atoms with Crippen LogP contribution in [-0.4, -0.2) is 37.4 Å². The molecule has 22 heavy (non-hydrogen) atoms. The molecule has 1 aromatic rings. The van der Waals surface area contributed by atoms with Gasteiger partial charge in [-0.15, -0.1) is 0 Å². The maximum absolute atomic E-state index is 12.2. The van der Waals surface area contributed by atoms with Crippen LogP contribution in [0, 0.1) is 5.41 Å². The topological polar surface area (TPSA) is 58.6 Å². The average Bonchev–Trinajstić information content (AvgIpc) is 2.55. The van der Waals surface area contributed by atoms with Crippen LogP contribution in [0.2, 0.25) is 5.02 Å². The number of aliphatic hydroxyl groups is 1. The van der Waals surface area contributed by atoms with E-state index in [1.807, 2.05) is 18.2 Å². The lowest BCUT2D eigenvalue weighted by atomic mass is 9.81. The predicted molar refractivity (Wildman–Crippen MR) is 87.7 cm³/mol. The van der Waals surface area contributed by atoms with E-state index in [0.29, 0.717) is 30.4 Å². The number of rotatable bonds is 5. The fourth-order valence-corrected chi connectivity index (χ4v) is 2.60. The smallest absolute Gasteiger partial charge is 0.246 e. The van der Waals surface area contributed by atoms with E-state index in [9.17, 15) is 9.90 Å². The first-order valence-corrected chi connectivity index (χ1v) is 7.83. The number of nitrogens with one attached hydrogen (secondary N) is 1. The van der Waals surface area contributed by atoms with Gasteiger partial charge in [-0.25, -0.2) is 0 Å². The lowest BCUT2D eigenvalue weighted by Gasteiger charge is -2.35. The van der Waals surface area contributed by atoms with E-state index in [0.717, 1.165) is 18.4 Å². The summed E-state index contributed by atoms with van der Waals surface area (Å²) in [4.78, 5) is 12.2. The van der Waals surface area contributed by atoms with Crippen molar-refractivity contribution in [1.82, 2.24) is 5.32 Å². The van der Waals surface area contributed by atoms with Gasteiger partial charge in [0.1, 0.15) is 0 Å². The molecule has 0 saturated carbocycles. The third-order valence-electron chi connectivity index (χ3n) is 4.12. The van der Waals surface area contributed by atoms with Crippen LogP contribution in [0.25, 0.3) is 6.08 Å². The molecule has 0 atom stereocenters. The Kier molecular flexibility index (Phi) is 6.00. The molecule has 0 unspecified atom stereocenters. The van der Waals surface area contributed by atoms with Gasteiger partial charge in [-0.2, -0.15) is 0 Å². The van der Waals surface area contributed by atoms with E-state index in [1.54, 1.807) is 19.1 Å². The molecule has 1 fully saturated rings. The molecule has 0 bridgehead atoms. The molecule has 2 rings (SSSR count). The molecule has 1 heterocycles. The molecule has 1 aromatic carbocycles. The molecule has 120 valence electrons. The molecule has 1 aliphatic rings. The number of hydrogen-bond acceptors (Lipinski definition) is 3. The lowest BCUT2D eigenvalue weighted by molar-refractivity contribution is -0.118. The molecule has 0 radical (unpaired) electrons. The molecular formula is C17H22ClNO3. The molecule has 0 spiro atoms. The number of ether oxygens (including phenoxy) is 1. The normalized spacial score (nSPS) is 18.0. The summed E-state index contributed by atoms with van der Waals surface area (Å²) < 4.78 is 5.32. The van der Waals surface area contributed by atoms with Gasteiger partial charge in [-0.3, -0.25) is 4.79 Å². The van der Waals surface area contributed by atoms with Gasteiger partial charge in [0.2, 0.25) is 5.91 Å². The van der Waals surface area contributed by atoms with Crippen molar-refractivity contribution in [1.29, 1.82) is 0 Å². The molecular weight excluding hydrogens is 302 g/mol. The molecule has 5 heteroatoms. The lowest BCUT2D eigenvalue weighted by Crippen LogP contribution is -2.43. The standard InChI is InChI=1S/C17H22ClNO3/c1-13(10-14-2-4-15(18)5-3-14)16(21)19-11-17(12-20)6-8-22-9-7-17/h2-5,10,20H,6-9,11-12H2,1H3,(H,19,21)/b13-10+. The maximum Gasteiger partial charge on any atom is 0.246 e. The van der Waals surface area contributed by atoms with Gasteiger partial charge in [0, 0.05) is 35.8 Å². The van der Waals surface area contributed by atoms with E-state index in [-0.39, 0.29) is 17.9 Å². The van der Waals surface area contributed by atoms with Crippen molar-refractivity contribution in [2.75, 3.05) is 26.4 Å². The molecule has 4 nitrogen and oxygen atoms in total. The second-order valence-corrected chi connectivity index (χ2v) is 6.27. The Morgan fingerprint density at radius 3 is 2.59 bits per heavy atom. The summed E-state index contributed by atoms with van der Waals surface area (Å²) in [6.07, 6.45) is 3.36. The number of aliphatic hydroxyl groups excluding tert-OH is 1. The van der Waals surface area contributed by atoms with Crippen LogP contribution in [-0.2, 0) is 9.53 Å². The summed E-state index contributed by atoms with van der Waals surface area (Å²) in [5, 5.41) is 13.2. The second-order valence-electron chi connectivity index (χ2n) is 5.83. The number of carbonyl (C=O) groups is 1. The van der Waals surface area contributed by atoms with Crippen molar-refractivity contribution >= 4 is 23.6 Å². The minimum absolute atomic E-state index is 0.0661. The number of halogens is 1. The first-order chi connectivity index (χ1) is 10.5. The molecule has 1 aliphatic heterocycles. The SMILES string of the molecule is C/C(=C\c1ccc(Cl)cc1)C(=O)NCC1(CO)CCOCC1. The van der Waals surface area contributed by atoms with E-state index in [4.69, 9.17) is 16.3 Å². The highest BCUT2D eigenvalue weighted by atomic mass is 35.5. The third kappa shape index (κ3) is 4.57. The molecule has 0 aliphatic carbocycles. The van der Waals surface area contributed by atoms with Gasteiger partial charge in [0.25, 0.3) is 0 Å². The van der Waals surface area contributed by atoms with Crippen LogP contribution in [0.5, 0.6) is 0 Å². The van der Waals surface area contributed by atoms with E-state index in [2.05, 4.69) is 5.32 Å². The minimum Gasteiger partial charge on any atom is -0.396 e. The summed E-state index contributed by atoms with van der Waals surface area (Å²) in [5.41, 5.74) is 1.30. The van der Waals surface area contributed by atoms with Crippen LogP contribution in [0.3, 0.4) is 0 Å². The minimum atomic E-state index is -0.255. The molecule has 2 N–H and O–H groups in total. The molecule has 0 aromatic heterocycles. The van der Waals surface area contributed by atoms with Crippen molar-refractivity contribution in [3.8, 4) is 0 Å². The Balaban J connectivity index is 1.94. The Labute approximate surface area is 136 Å². The zero-order valence-corrected chi connectivity index (χ0v) is 13.5. The summed E-state index contributed by atoms with van der Waals surface area (Å²) >= 11 is 5.84. The van der Waals surface area contributed by atoms with Crippen molar-refractivity contribution in [3.05, 3.63) is 40.4 Å². The van der Waals surface area contributed by atoms with Crippen molar-refractivity contribution in [2.24, 2.45) is 5.41 Å². The van der Waals surface area contributed by atoms with Gasteiger partial charge in [0.05, 0.1) is 6.61 Å². The summed E-state index contributed by atoms with van der Waals surface area (Å²) in [6.45, 7) is 3.58. The fraction of sp³-hybridized carbons (Fsp3) is 0.471. The Morgan fingerprint density at radius 2 is 2.00 bits per heavy atom. The zero-order valence-electron chi connectivity index (χ0n) is 12.8. The van der Waals surface area contributed by atoms with Crippen LogP contribution in [0.4, 0.5) is 0 Å². The van der Waals surface area contributed by atoms with Gasteiger partial charge < -0.3 is 15.2 Å². The zero-order chi connectivity index (χ0) is 16.0.